The minimum absolute atomic E-state index is 0.0867. The molecule has 0 unspecified atom stereocenters. The van der Waals surface area contributed by atoms with Crippen molar-refractivity contribution in [2.75, 3.05) is 18.6 Å². The zero-order valence-corrected chi connectivity index (χ0v) is 14.2. The predicted octanol–water partition coefficient (Wildman–Crippen LogP) is 0.229. The van der Waals surface area contributed by atoms with Crippen molar-refractivity contribution in [2.24, 2.45) is 0 Å². The van der Waals surface area contributed by atoms with Gasteiger partial charge in [0, 0.05) is 0 Å². The summed E-state index contributed by atoms with van der Waals surface area (Å²) in [7, 11) is -1.66. The molecule has 1 saturated heterocycles. The Kier molecular flexibility index (Phi) is 4.30. The van der Waals surface area contributed by atoms with E-state index in [4.69, 9.17) is 4.74 Å². The molecule has 0 amide bonds. The van der Waals surface area contributed by atoms with Gasteiger partial charge in [-0.3, -0.25) is 0 Å². The summed E-state index contributed by atoms with van der Waals surface area (Å²) in [6.07, 6.45) is -0.922. The molecule has 23 heavy (non-hydrogen) atoms. The van der Waals surface area contributed by atoms with E-state index in [0.717, 1.165) is 17.3 Å². The van der Waals surface area contributed by atoms with Gasteiger partial charge in [-0.25, -0.2) is 8.42 Å². The number of aryl methyl sites for hydroxylation is 1. The van der Waals surface area contributed by atoms with Crippen LogP contribution in [-0.4, -0.2) is 63.7 Å². The number of nitrogens with zero attached hydrogens (tertiary/aromatic N) is 4. The smallest absolute Gasteiger partial charge is 0.214 e. The van der Waals surface area contributed by atoms with Gasteiger partial charge in [-0.05, 0) is 35.0 Å². The lowest BCUT2D eigenvalue weighted by atomic mass is 10.2. The Bertz CT molecular complexity index is 821. The molecule has 1 aliphatic heterocycles. The lowest BCUT2D eigenvalue weighted by Crippen LogP contribution is -2.20. The molecule has 1 N–H and O–H groups in total. The quantitative estimate of drug-likeness (QED) is 0.829. The Labute approximate surface area is 137 Å². The Morgan fingerprint density at radius 1 is 1.39 bits per heavy atom. The maximum absolute atomic E-state index is 11.6. The van der Waals surface area contributed by atoms with Crippen LogP contribution in [0.4, 0.5) is 0 Å². The van der Waals surface area contributed by atoms with Crippen LogP contribution in [0.2, 0.25) is 0 Å². The fraction of sp³-hybridized carbons (Fsp3) is 0.462. The molecule has 2 heterocycles. The molecule has 1 fully saturated rings. The third-order valence-corrected chi connectivity index (χ3v) is 6.71. The largest absolute Gasteiger partial charge is 0.494 e. The van der Waals surface area contributed by atoms with Crippen LogP contribution in [0.3, 0.4) is 0 Å². The zero-order valence-electron chi connectivity index (χ0n) is 12.6. The van der Waals surface area contributed by atoms with Crippen LogP contribution in [0, 0.1) is 6.92 Å². The number of methoxy groups -OCH3 is 1. The van der Waals surface area contributed by atoms with Gasteiger partial charge in [0.05, 0.1) is 30.0 Å². The summed E-state index contributed by atoms with van der Waals surface area (Å²) >= 11 is 1.16. The maximum Gasteiger partial charge on any atom is 0.214 e. The Hall–Kier alpha value is -1.65. The van der Waals surface area contributed by atoms with Crippen molar-refractivity contribution in [3.63, 3.8) is 0 Å². The van der Waals surface area contributed by atoms with Crippen molar-refractivity contribution < 1.29 is 18.3 Å². The van der Waals surface area contributed by atoms with E-state index in [1.54, 1.807) is 7.11 Å². The third kappa shape index (κ3) is 3.33. The van der Waals surface area contributed by atoms with Crippen LogP contribution >= 0.6 is 11.8 Å². The lowest BCUT2D eigenvalue weighted by Gasteiger charge is -2.13. The van der Waals surface area contributed by atoms with Crippen molar-refractivity contribution in [1.82, 2.24) is 20.2 Å². The van der Waals surface area contributed by atoms with E-state index < -0.39 is 21.2 Å². The number of rotatable bonds is 4. The summed E-state index contributed by atoms with van der Waals surface area (Å²) in [5.41, 5.74) is 1.67. The molecule has 0 bridgehead atoms. The number of benzene rings is 1. The van der Waals surface area contributed by atoms with E-state index in [0.29, 0.717) is 16.6 Å². The number of hydrogen-bond acceptors (Lipinski definition) is 8. The molecule has 3 rings (SSSR count). The first-order valence-corrected chi connectivity index (χ1v) is 9.58. The molecular formula is C13H16N4O4S2. The molecular weight excluding hydrogens is 340 g/mol. The molecule has 124 valence electrons. The van der Waals surface area contributed by atoms with E-state index >= 15 is 0 Å². The zero-order chi connectivity index (χ0) is 16.6. The summed E-state index contributed by atoms with van der Waals surface area (Å²) in [5, 5.41) is 21.4. The van der Waals surface area contributed by atoms with E-state index in [-0.39, 0.29) is 11.5 Å². The molecule has 0 aliphatic carbocycles. The van der Waals surface area contributed by atoms with Crippen LogP contribution in [-0.2, 0) is 9.84 Å². The second-order valence-corrected chi connectivity index (χ2v) is 8.71. The van der Waals surface area contributed by atoms with Crippen molar-refractivity contribution >= 4 is 21.6 Å². The number of sulfone groups is 1. The molecule has 8 nitrogen and oxygen atoms in total. The molecule has 0 saturated carbocycles. The first kappa shape index (κ1) is 16.2. The van der Waals surface area contributed by atoms with Gasteiger partial charge in [0.15, 0.2) is 9.84 Å². The normalized spacial score (nSPS) is 23.1. The van der Waals surface area contributed by atoms with Crippen LogP contribution in [0.1, 0.15) is 5.56 Å². The second-order valence-electron chi connectivity index (χ2n) is 5.35. The van der Waals surface area contributed by atoms with Gasteiger partial charge < -0.3 is 9.84 Å². The topological polar surface area (TPSA) is 107 Å². The molecule has 2 aromatic rings. The SMILES string of the molecule is COc1ccc(C)cc1-n1nnnc1S[C@@H]1CS(=O)(=O)C[C@@H]1O. The van der Waals surface area contributed by atoms with E-state index in [1.165, 1.54) is 4.68 Å². The maximum atomic E-state index is 11.6. The van der Waals surface area contributed by atoms with Crippen molar-refractivity contribution in [1.29, 1.82) is 0 Å². The highest BCUT2D eigenvalue weighted by molar-refractivity contribution is 8.01. The predicted molar refractivity (Wildman–Crippen MR) is 84.7 cm³/mol. The fourth-order valence-electron chi connectivity index (χ4n) is 2.41. The highest BCUT2D eigenvalue weighted by Gasteiger charge is 2.38. The Morgan fingerprint density at radius 2 is 2.17 bits per heavy atom. The first-order chi connectivity index (χ1) is 10.9. The summed E-state index contributed by atoms with van der Waals surface area (Å²) in [6.45, 7) is 1.94. The highest BCUT2D eigenvalue weighted by Crippen LogP contribution is 2.32. The first-order valence-electron chi connectivity index (χ1n) is 6.88. The standard InChI is InChI=1S/C13H16N4O4S2/c1-8-3-4-11(21-2)9(5-8)17-13(14-15-16-17)22-12-7-23(19,20)6-10(12)18/h3-5,10,12,18H,6-7H2,1-2H3/t10-,12+/m0/s1. The van der Waals surface area contributed by atoms with Gasteiger partial charge in [0.25, 0.3) is 0 Å². The van der Waals surface area contributed by atoms with E-state index in [1.807, 2.05) is 25.1 Å². The van der Waals surface area contributed by atoms with E-state index in [9.17, 15) is 13.5 Å². The van der Waals surface area contributed by atoms with Crippen LogP contribution < -0.4 is 4.74 Å². The average molecular weight is 356 g/mol. The highest BCUT2D eigenvalue weighted by atomic mass is 32.2. The third-order valence-electron chi connectivity index (χ3n) is 3.53. The number of aliphatic hydroxyl groups excluding tert-OH is 1. The summed E-state index contributed by atoms with van der Waals surface area (Å²) in [4.78, 5) is 0. The lowest BCUT2D eigenvalue weighted by molar-refractivity contribution is 0.207. The minimum atomic E-state index is -3.22. The van der Waals surface area contributed by atoms with Crippen LogP contribution in [0.15, 0.2) is 23.4 Å². The van der Waals surface area contributed by atoms with Crippen LogP contribution in [0.5, 0.6) is 5.75 Å². The Morgan fingerprint density at radius 3 is 2.83 bits per heavy atom. The van der Waals surface area contributed by atoms with E-state index in [2.05, 4.69) is 15.5 Å². The van der Waals surface area contributed by atoms with Gasteiger partial charge in [0.2, 0.25) is 5.16 Å². The van der Waals surface area contributed by atoms with Gasteiger partial charge in [-0.1, -0.05) is 17.8 Å². The molecule has 0 radical (unpaired) electrons. The van der Waals surface area contributed by atoms with Gasteiger partial charge >= 0.3 is 0 Å². The molecule has 0 spiro atoms. The average Bonchev–Trinajstić information content (AvgIpc) is 3.03. The van der Waals surface area contributed by atoms with Crippen LogP contribution in [0.25, 0.3) is 5.69 Å². The number of ether oxygens (including phenoxy) is 1. The fourth-order valence-corrected chi connectivity index (χ4v) is 5.88. The Balaban J connectivity index is 1.93. The molecule has 1 aromatic carbocycles. The molecule has 10 heteroatoms. The van der Waals surface area contributed by atoms with Crippen molar-refractivity contribution in [2.45, 2.75) is 23.4 Å². The van der Waals surface area contributed by atoms with Gasteiger partial charge in [-0.15, -0.1) is 5.10 Å². The number of aromatic nitrogens is 4. The minimum Gasteiger partial charge on any atom is -0.494 e. The van der Waals surface area contributed by atoms with Gasteiger partial charge in [0.1, 0.15) is 11.4 Å². The summed E-state index contributed by atoms with van der Waals surface area (Å²) < 4.78 is 30.1. The molecule has 1 aromatic heterocycles. The number of thioether (sulfide) groups is 1. The summed E-state index contributed by atoms with van der Waals surface area (Å²) in [5.74, 6) is 0.292. The van der Waals surface area contributed by atoms with Gasteiger partial charge in [-0.2, -0.15) is 4.68 Å². The number of aliphatic hydroxyl groups is 1. The molecule has 1 aliphatic rings. The monoisotopic (exact) mass is 356 g/mol. The summed E-state index contributed by atoms with van der Waals surface area (Å²) in [6, 6.07) is 5.60. The van der Waals surface area contributed by atoms with Crippen molar-refractivity contribution in [3.8, 4) is 11.4 Å². The number of tetrazole rings is 1. The number of hydrogen-bond donors (Lipinski definition) is 1. The molecule has 2 atom stereocenters. The second kappa shape index (κ2) is 6.10. The van der Waals surface area contributed by atoms with Crippen molar-refractivity contribution in [3.05, 3.63) is 23.8 Å².